The van der Waals surface area contributed by atoms with E-state index in [1.807, 2.05) is 36.4 Å². The number of benzene rings is 2. The quantitative estimate of drug-likeness (QED) is 0.627. The van der Waals surface area contributed by atoms with Gasteiger partial charge in [0.05, 0.1) is 5.69 Å². The topological polar surface area (TPSA) is 80.3 Å². The van der Waals surface area contributed by atoms with Crippen LogP contribution in [-0.2, 0) is 20.9 Å². The number of anilines is 1. The van der Waals surface area contributed by atoms with E-state index in [1.54, 1.807) is 12.1 Å². The van der Waals surface area contributed by atoms with Crippen molar-refractivity contribution in [2.45, 2.75) is 25.4 Å². The van der Waals surface area contributed by atoms with E-state index in [2.05, 4.69) is 17.3 Å². The summed E-state index contributed by atoms with van der Waals surface area (Å²) < 4.78 is 16.8. The van der Waals surface area contributed by atoms with Crippen LogP contribution in [0.3, 0.4) is 0 Å². The average Bonchev–Trinajstić information content (AvgIpc) is 2.85. The molecule has 2 amide bonds. The molecule has 33 heavy (non-hydrogen) atoms. The van der Waals surface area contributed by atoms with Gasteiger partial charge in [-0.05, 0) is 49.7 Å². The summed E-state index contributed by atoms with van der Waals surface area (Å²) in [7, 11) is 2.13. The minimum absolute atomic E-state index is 0.0477. The standard InChI is InChI=1S/C25H31N3O5/c1-27(20-9-12-31-13-10-20)11-14-32-21-6-4-5-19(15-21)16-26-24(29)17-28-22-7-2-3-8-23(22)33-18-25(28)30/h2-8,15,20H,9-14,16-18H2,1H3,(H,26,29). The number of amides is 2. The lowest BCUT2D eigenvalue weighted by molar-refractivity contribution is -0.125. The number of hydrogen-bond donors (Lipinski definition) is 1. The summed E-state index contributed by atoms with van der Waals surface area (Å²) in [6.07, 6.45) is 2.13. The predicted molar refractivity (Wildman–Crippen MR) is 125 cm³/mol. The van der Waals surface area contributed by atoms with Gasteiger partial charge in [-0.25, -0.2) is 0 Å². The zero-order valence-corrected chi connectivity index (χ0v) is 19.0. The summed E-state index contributed by atoms with van der Waals surface area (Å²) in [5, 5.41) is 2.89. The lowest BCUT2D eigenvalue weighted by Crippen LogP contribution is -2.45. The van der Waals surface area contributed by atoms with Crippen LogP contribution in [0.25, 0.3) is 0 Å². The summed E-state index contributed by atoms with van der Waals surface area (Å²) in [5.74, 6) is 0.922. The molecule has 0 spiro atoms. The maximum atomic E-state index is 12.5. The first kappa shape index (κ1) is 23.1. The zero-order valence-electron chi connectivity index (χ0n) is 19.0. The highest BCUT2D eigenvalue weighted by Gasteiger charge is 2.26. The number of fused-ring (bicyclic) bond motifs is 1. The van der Waals surface area contributed by atoms with Crippen LogP contribution in [0.15, 0.2) is 48.5 Å². The maximum Gasteiger partial charge on any atom is 0.265 e. The molecule has 2 aromatic rings. The number of para-hydroxylation sites is 2. The Balaban J connectivity index is 1.24. The minimum atomic E-state index is -0.232. The van der Waals surface area contributed by atoms with Crippen LogP contribution >= 0.6 is 0 Å². The molecule has 8 heteroatoms. The maximum absolute atomic E-state index is 12.5. The van der Waals surface area contributed by atoms with Gasteiger partial charge in [0.1, 0.15) is 24.7 Å². The summed E-state index contributed by atoms with van der Waals surface area (Å²) in [5.41, 5.74) is 1.55. The Hall–Kier alpha value is -3.10. The van der Waals surface area contributed by atoms with Gasteiger partial charge in [-0.2, -0.15) is 0 Å². The van der Waals surface area contributed by atoms with Crippen LogP contribution in [0.4, 0.5) is 5.69 Å². The van der Waals surface area contributed by atoms with Gasteiger partial charge >= 0.3 is 0 Å². The minimum Gasteiger partial charge on any atom is -0.492 e. The summed E-state index contributed by atoms with van der Waals surface area (Å²) >= 11 is 0. The molecule has 8 nitrogen and oxygen atoms in total. The number of ether oxygens (including phenoxy) is 3. The van der Waals surface area contributed by atoms with Crippen molar-refractivity contribution in [3.05, 3.63) is 54.1 Å². The largest absolute Gasteiger partial charge is 0.492 e. The third-order valence-corrected chi connectivity index (χ3v) is 6.02. The molecule has 2 aliphatic rings. The van der Waals surface area contributed by atoms with Crippen molar-refractivity contribution in [1.82, 2.24) is 10.2 Å². The Labute approximate surface area is 194 Å². The Bertz CT molecular complexity index is 961. The third-order valence-electron chi connectivity index (χ3n) is 6.02. The number of carbonyl (C=O) groups excluding carboxylic acids is 2. The molecule has 1 N–H and O–H groups in total. The van der Waals surface area contributed by atoms with Gasteiger partial charge in [0.25, 0.3) is 5.91 Å². The molecular formula is C25H31N3O5. The number of nitrogens with zero attached hydrogens (tertiary/aromatic N) is 2. The second kappa shape index (κ2) is 11.2. The molecule has 0 bridgehead atoms. The second-order valence-electron chi connectivity index (χ2n) is 8.33. The van der Waals surface area contributed by atoms with Crippen molar-refractivity contribution in [2.24, 2.45) is 0 Å². The Morgan fingerprint density at radius 3 is 2.85 bits per heavy atom. The SMILES string of the molecule is CN(CCOc1cccc(CNC(=O)CN2C(=O)COc3ccccc32)c1)C1CCOCC1. The van der Waals surface area contributed by atoms with E-state index in [9.17, 15) is 9.59 Å². The molecule has 0 atom stereocenters. The van der Waals surface area contributed by atoms with E-state index < -0.39 is 0 Å². The number of rotatable bonds is 9. The first-order valence-corrected chi connectivity index (χ1v) is 11.4. The number of nitrogens with one attached hydrogen (secondary N) is 1. The van der Waals surface area contributed by atoms with E-state index in [0.717, 1.165) is 43.9 Å². The molecule has 0 saturated carbocycles. The first-order valence-electron chi connectivity index (χ1n) is 11.4. The Kier molecular flexibility index (Phi) is 7.80. The number of likely N-dealkylation sites (N-methyl/N-ethyl adjacent to an activating group) is 1. The summed E-state index contributed by atoms with van der Waals surface area (Å²) in [4.78, 5) is 28.6. The van der Waals surface area contributed by atoms with Gasteiger partial charge in [0, 0.05) is 32.3 Å². The first-order chi connectivity index (χ1) is 16.1. The van der Waals surface area contributed by atoms with Crippen LogP contribution in [0.5, 0.6) is 11.5 Å². The average molecular weight is 454 g/mol. The van der Waals surface area contributed by atoms with Gasteiger partial charge in [-0.3, -0.25) is 19.4 Å². The molecule has 2 aromatic carbocycles. The molecule has 2 aliphatic heterocycles. The molecule has 0 aromatic heterocycles. The van der Waals surface area contributed by atoms with Crippen LogP contribution in [0.1, 0.15) is 18.4 Å². The van der Waals surface area contributed by atoms with Crippen molar-refractivity contribution < 1.29 is 23.8 Å². The normalized spacial score (nSPS) is 16.3. The van der Waals surface area contributed by atoms with Gasteiger partial charge in [0.2, 0.25) is 5.91 Å². The molecule has 1 saturated heterocycles. The van der Waals surface area contributed by atoms with E-state index in [4.69, 9.17) is 14.2 Å². The zero-order chi connectivity index (χ0) is 23.0. The Morgan fingerprint density at radius 2 is 2.00 bits per heavy atom. The fourth-order valence-corrected chi connectivity index (χ4v) is 4.09. The number of hydrogen-bond acceptors (Lipinski definition) is 6. The third kappa shape index (κ3) is 6.24. The van der Waals surface area contributed by atoms with E-state index in [0.29, 0.717) is 30.6 Å². The second-order valence-corrected chi connectivity index (χ2v) is 8.33. The van der Waals surface area contributed by atoms with Crippen molar-refractivity contribution in [3.8, 4) is 11.5 Å². The highest BCUT2D eigenvalue weighted by atomic mass is 16.5. The molecule has 2 heterocycles. The fraction of sp³-hybridized carbons (Fsp3) is 0.440. The van der Waals surface area contributed by atoms with E-state index in [-0.39, 0.29) is 25.0 Å². The Morgan fingerprint density at radius 1 is 1.18 bits per heavy atom. The van der Waals surface area contributed by atoms with Gasteiger partial charge < -0.3 is 19.5 Å². The highest BCUT2D eigenvalue weighted by Crippen LogP contribution is 2.31. The fourth-order valence-electron chi connectivity index (χ4n) is 4.09. The summed E-state index contributed by atoms with van der Waals surface area (Å²) in [6, 6.07) is 15.5. The van der Waals surface area contributed by atoms with Gasteiger partial charge in [-0.1, -0.05) is 24.3 Å². The number of carbonyl (C=O) groups is 2. The van der Waals surface area contributed by atoms with Crippen molar-refractivity contribution in [1.29, 1.82) is 0 Å². The van der Waals surface area contributed by atoms with E-state index in [1.165, 1.54) is 4.90 Å². The molecule has 0 aliphatic carbocycles. The molecule has 0 unspecified atom stereocenters. The van der Waals surface area contributed by atoms with Crippen LogP contribution in [-0.4, -0.2) is 69.3 Å². The summed E-state index contributed by atoms with van der Waals surface area (Å²) in [6.45, 7) is 3.36. The molecule has 0 radical (unpaired) electrons. The lowest BCUT2D eigenvalue weighted by atomic mass is 10.1. The van der Waals surface area contributed by atoms with Gasteiger partial charge in [-0.15, -0.1) is 0 Å². The van der Waals surface area contributed by atoms with Crippen molar-refractivity contribution >= 4 is 17.5 Å². The predicted octanol–water partition coefficient (Wildman–Crippen LogP) is 2.22. The van der Waals surface area contributed by atoms with Crippen molar-refractivity contribution in [3.63, 3.8) is 0 Å². The van der Waals surface area contributed by atoms with Crippen LogP contribution in [0.2, 0.25) is 0 Å². The molecule has 4 rings (SSSR count). The molecule has 176 valence electrons. The monoisotopic (exact) mass is 453 g/mol. The lowest BCUT2D eigenvalue weighted by Gasteiger charge is -2.31. The molecule has 1 fully saturated rings. The highest BCUT2D eigenvalue weighted by molar-refractivity contribution is 6.02. The van der Waals surface area contributed by atoms with Crippen LogP contribution < -0.4 is 19.7 Å². The van der Waals surface area contributed by atoms with Gasteiger partial charge in [0.15, 0.2) is 6.61 Å². The van der Waals surface area contributed by atoms with Crippen molar-refractivity contribution in [2.75, 3.05) is 51.5 Å². The van der Waals surface area contributed by atoms with E-state index >= 15 is 0 Å². The smallest absolute Gasteiger partial charge is 0.265 e. The van der Waals surface area contributed by atoms with Crippen LogP contribution in [0, 0.1) is 0 Å². The molecular weight excluding hydrogens is 422 g/mol.